The van der Waals surface area contributed by atoms with Crippen LogP contribution in [0.5, 0.6) is 11.5 Å². The second kappa shape index (κ2) is 6.43. The van der Waals surface area contributed by atoms with Gasteiger partial charge in [0.2, 0.25) is 0 Å². The summed E-state index contributed by atoms with van der Waals surface area (Å²) in [7, 11) is 0. The first-order chi connectivity index (χ1) is 9.28. The summed E-state index contributed by atoms with van der Waals surface area (Å²) in [5.41, 5.74) is 1.50. The zero-order chi connectivity index (χ0) is 13.7. The zero-order valence-electron chi connectivity index (χ0n) is 11.0. The van der Waals surface area contributed by atoms with Crippen LogP contribution in [-0.4, -0.2) is 28.2 Å². The summed E-state index contributed by atoms with van der Waals surface area (Å²) < 4.78 is 12.7. The van der Waals surface area contributed by atoms with Gasteiger partial charge in [-0.3, -0.25) is 0 Å². The molecule has 0 unspecified atom stereocenters. The van der Waals surface area contributed by atoms with Gasteiger partial charge in [-0.05, 0) is 26.0 Å². The fourth-order valence-corrected chi connectivity index (χ4v) is 1.81. The van der Waals surface area contributed by atoms with E-state index in [9.17, 15) is 0 Å². The monoisotopic (exact) mass is 281 g/mol. The van der Waals surface area contributed by atoms with Gasteiger partial charge in [0.15, 0.2) is 0 Å². The van der Waals surface area contributed by atoms with Crippen molar-refractivity contribution in [2.24, 2.45) is 0 Å². The van der Waals surface area contributed by atoms with Gasteiger partial charge in [0, 0.05) is 6.07 Å². The molecule has 0 saturated carbocycles. The topological polar surface area (TPSA) is 49.2 Å². The van der Waals surface area contributed by atoms with E-state index in [-0.39, 0.29) is 0 Å². The van der Waals surface area contributed by atoms with Gasteiger partial charge in [-0.2, -0.15) is 0 Å². The van der Waals surface area contributed by atoms with E-state index in [0.29, 0.717) is 24.8 Å². The second-order valence-corrected chi connectivity index (χ2v) is 4.05. The van der Waals surface area contributed by atoms with Crippen molar-refractivity contribution in [3.05, 3.63) is 30.1 Å². The molecule has 5 nitrogen and oxygen atoms in total. The Morgan fingerprint density at radius 3 is 2.63 bits per heavy atom. The third-order valence-electron chi connectivity index (χ3n) is 2.47. The molecule has 0 amide bonds. The van der Waals surface area contributed by atoms with Crippen molar-refractivity contribution >= 4 is 11.6 Å². The smallest absolute Gasteiger partial charge is 0.145 e. The molecule has 1 aromatic heterocycles. The summed E-state index contributed by atoms with van der Waals surface area (Å²) >= 11 is 5.74. The molecule has 102 valence electrons. The van der Waals surface area contributed by atoms with Crippen molar-refractivity contribution in [2.45, 2.75) is 19.7 Å². The summed E-state index contributed by atoms with van der Waals surface area (Å²) in [5, 5.41) is 8.02. The summed E-state index contributed by atoms with van der Waals surface area (Å²) in [6.45, 7) is 5.07. The van der Waals surface area contributed by atoms with Crippen LogP contribution in [0, 0.1) is 0 Å². The van der Waals surface area contributed by atoms with Crippen molar-refractivity contribution in [1.82, 2.24) is 15.0 Å². The van der Waals surface area contributed by atoms with E-state index in [4.69, 9.17) is 21.1 Å². The third kappa shape index (κ3) is 3.17. The van der Waals surface area contributed by atoms with Gasteiger partial charge in [0.05, 0.1) is 31.0 Å². The number of halogens is 1. The van der Waals surface area contributed by atoms with E-state index < -0.39 is 0 Å². The average molecular weight is 282 g/mol. The predicted octanol–water partition coefficient (Wildman–Crippen LogP) is 2.80. The number of alkyl halides is 1. The molecule has 1 aromatic carbocycles. The molecule has 0 aliphatic carbocycles. The van der Waals surface area contributed by atoms with Gasteiger partial charge in [0.25, 0.3) is 0 Å². The highest BCUT2D eigenvalue weighted by molar-refractivity contribution is 6.16. The highest BCUT2D eigenvalue weighted by Gasteiger charge is 2.10. The standard InChI is InChI=1S/C13H16ClN3O2/c1-3-18-11-5-6-13(19-4-2)12(7-11)17-9-10(8-14)15-16-17/h5-7,9H,3-4,8H2,1-2H3. The SMILES string of the molecule is CCOc1ccc(OCC)c(-n2cc(CCl)nn2)c1. The summed E-state index contributed by atoms with van der Waals surface area (Å²) in [6.07, 6.45) is 1.78. The number of hydrogen-bond donors (Lipinski definition) is 0. The molecule has 0 saturated heterocycles. The molecular weight excluding hydrogens is 266 g/mol. The number of rotatable bonds is 6. The van der Waals surface area contributed by atoms with Gasteiger partial charge < -0.3 is 9.47 Å². The highest BCUT2D eigenvalue weighted by atomic mass is 35.5. The van der Waals surface area contributed by atoms with E-state index in [1.807, 2.05) is 32.0 Å². The van der Waals surface area contributed by atoms with Gasteiger partial charge in [-0.15, -0.1) is 16.7 Å². The maximum atomic E-state index is 5.74. The lowest BCUT2D eigenvalue weighted by atomic mass is 10.2. The van der Waals surface area contributed by atoms with Crippen molar-refractivity contribution in [2.75, 3.05) is 13.2 Å². The van der Waals surface area contributed by atoms with E-state index in [0.717, 1.165) is 17.2 Å². The molecule has 0 N–H and O–H groups in total. The lowest BCUT2D eigenvalue weighted by Crippen LogP contribution is -2.02. The molecule has 1 heterocycles. The lowest BCUT2D eigenvalue weighted by molar-refractivity contribution is 0.329. The molecule has 0 bridgehead atoms. The van der Waals surface area contributed by atoms with Crippen molar-refractivity contribution < 1.29 is 9.47 Å². The Hall–Kier alpha value is -1.75. The molecule has 6 heteroatoms. The Bertz CT molecular complexity index is 542. The molecule has 19 heavy (non-hydrogen) atoms. The van der Waals surface area contributed by atoms with Crippen LogP contribution in [0.1, 0.15) is 19.5 Å². The molecule has 0 atom stereocenters. The summed E-state index contributed by atoms with van der Waals surface area (Å²) in [5.74, 6) is 1.83. The van der Waals surface area contributed by atoms with Crippen molar-refractivity contribution in [3.8, 4) is 17.2 Å². The Morgan fingerprint density at radius 1 is 1.21 bits per heavy atom. The minimum atomic E-state index is 0.328. The normalized spacial score (nSPS) is 10.5. The molecule has 2 aromatic rings. The Morgan fingerprint density at radius 2 is 2.00 bits per heavy atom. The number of hydrogen-bond acceptors (Lipinski definition) is 4. The Kier molecular flexibility index (Phi) is 4.63. The first kappa shape index (κ1) is 13.7. The van der Waals surface area contributed by atoms with E-state index >= 15 is 0 Å². The average Bonchev–Trinajstić information content (AvgIpc) is 2.90. The van der Waals surface area contributed by atoms with Gasteiger partial charge >= 0.3 is 0 Å². The minimum Gasteiger partial charge on any atom is -0.494 e. The zero-order valence-corrected chi connectivity index (χ0v) is 11.7. The van der Waals surface area contributed by atoms with Gasteiger partial charge in [-0.25, -0.2) is 4.68 Å². The first-order valence-corrected chi connectivity index (χ1v) is 6.69. The lowest BCUT2D eigenvalue weighted by Gasteiger charge is -2.11. The summed E-state index contributed by atoms with van der Waals surface area (Å²) in [6, 6.07) is 5.62. The molecule has 0 fully saturated rings. The molecule has 0 aliphatic heterocycles. The van der Waals surface area contributed by atoms with Gasteiger partial charge in [0.1, 0.15) is 17.2 Å². The number of ether oxygens (including phenoxy) is 2. The largest absolute Gasteiger partial charge is 0.494 e. The quantitative estimate of drug-likeness (QED) is 0.764. The molecule has 0 radical (unpaired) electrons. The van der Waals surface area contributed by atoms with E-state index in [1.54, 1.807) is 10.9 Å². The Balaban J connectivity index is 2.41. The van der Waals surface area contributed by atoms with Crippen LogP contribution in [0.15, 0.2) is 24.4 Å². The number of aromatic nitrogens is 3. The molecule has 0 spiro atoms. The van der Waals surface area contributed by atoms with Crippen LogP contribution in [-0.2, 0) is 5.88 Å². The Labute approximate surface area is 117 Å². The second-order valence-electron chi connectivity index (χ2n) is 3.78. The molecular formula is C13H16ClN3O2. The van der Waals surface area contributed by atoms with Crippen LogP contribution >= 0.6 is 11.6 Å². The fraction of sp³-hybridized carbons (Fsp3) is 0.385. The third-order valence-corrected chi connectivity index (χ3v) is 2.74. The predicted molar refractivity (Wildman–Crippen MR) is 73.3 cm³/mol. The van der Waals surface area contributed by atoms with Crippen LogP contribution in [0.3, 0.4) is 0 Å². The van der Waals surface area contributed by atoms with Crippen LogP contribution in [0.2, 0.25) is 0 Å². The van der Waals surface area contributed by atoms with Crippen LogP contribution in [0.25, 0.3) is 5.69 Å². The first-order valence-electron chi connectivity index (χ1n) is 6.15. The maximum absolute atomic E-state index is 5.74. The van der Waals surface area contributed by atoms with Crippen LogP contribution in [0.4, 0.5) is 0 Å². The molecule has 2 rings (SSSR count). The van der Waals surface area contributed by atoms with E-state index in [2.05, 4.69) is 10.3 Å². The molecule has 0 aliphatic rings. The van der Waals surface area contributed by atoms with Crippen molar-refractivity contribution in [1.29, 1.82) is 0 Å². The van der Waals surface area contributed by atoms with Crippen molar-refractivity contribution in [3.63, 3.8) is 0 Å². The minimum absolute atomic E-state index is 0.328. The fourth-order valence-electron chi connectivity index (χ4n) is 1.69. The maximum Gasteiger partial charge on any atom is 0.145 e. The highest BCUT2D eigenvalue weighted by Crippen LogP contribution is 2.27. The number of nitrogens with zero attached hydrogens (tertiary/aromatic N) is 3. The van der Waals surface area contributed by atoms with E-state index in [1.165, 1.54) is 0 Å². The van der Waals surface area contributed by atoms with Crippen LogP contribution < -0.4 is 9.47 Å². The van der Waals surface area contributed by atoms with Gasteiger partial charge in [-0.1, -0.05) is 5.21 Å². The number of benzene rings is 1. The summed E-state index contributed by atoms with van der Waals surface area (Å²) in [4.78, 5) is 0.